The number of carboxylic acids is 1. The van der Waals surface area contributed by atoms with Crippen molar-refractivity contribution in [3.63, 3.8) is 0 Å². The van der Waals surface area contributed by atoms with Gasteiger partial charge in [0.15, 0.2) is 0 Å². The molecule has 0 radical (unpaired) electrons. The van der Waals surface area contributed by atoms with Gasteiger partial charge < -0.3 is 9.63 Å². The number of carbonyl (C=O) groups is 1. The molecule has 1 N–H and O–H groups in total. The third-order valence-corrected chi connectivity index (χ3v) is 5.25. The van der Waals surface area contributed by atoms with Crippen molar-refractivity contribution in [2.75, 3.05) is 26.7 Å². The molecule has 1 saturated heterocycles. The Morgan fingerprint density at radius 1 is 1.30 bits per heavy atom. The molecule has 0 spiro atoms. The van der Waals surface area contributed by atoms with Crippen LogP contribution in [0.5, 0.6) is 0 Å². The quantitative estimate of drug-likeness (QED) is 0.800. The van der Waals surface area contributed by atoms with E-state index in [-0.39, 0.29) is 6.54 Å². The second kappa shape index (κ2) is 9.10. The second-order valence-electron chi connectivity index (χ2n) is 7.23. The van der Waals surface area contributed by atoms with Crippen molar-refractivity contribution in [2.45, 2.75) is 45.2 Å². The number of hydrogen-bond acceptors (Lipinski definition) is 6. The smallest absolute Gasteiger partial charge is 0.317 e. The van der Waals surface area contributed by atoms with Crippen LogP contribution in [-0.4, -0.2) is 63.7 Å². The molecule has 1 aliphatic heterocycles. The standard InChI is InChI=1S/C20H28N4O3/c1-3-15-6-8-16(9-7-15)20-21-18(27-22-20)13-24-11-4-5-17(10-12-24)23(2)14-19(25)26/h6-9,17H,3-5,10-14H2,1-2H3,(H,25,26). The van der Waals surface area contributed by atoms with Gasteiger partial charge in [0.25, 0.3) is 0 Å². The number of aromatic nitrogens is 2. The maximum Gasteiger partial charge on any atom is 0.317 e. The van der Waals surface area contributed by atoms with Crippen LogP contribution in [0, 0.1) is 0 Å². The molecule has 0 bridgehead atoms. The number of hydrogen-bond donors (Lipinski definition) is 1. The fourth-order valence-corrected chi connectivity index (χ4v) is 3.60. The number of benzene rings is 1. The van der Waals surface area contributed by atoms with Gasteiger partial charge in [-0.1, -0.05) is 36.3 Å². The monoisotopic (exact) mass is 372 g/mol. The van der Waals surface area contributed by atoms with E-state index < -0.39 is 5.97 Å². The number of aryl methyl sites for hydroxylation is 1. The number of carboxylic acid groups (broad SMARTS) is 1. The Balaban J connectivity index is 1.56. The van der Waals surface area contributed by atoms with Crippen LogP contribution < -0.4 is 0 Å². The Labute approximate surface area is 160 Å². The van der Waals surface area contributed by atoms with Crippen LogP contribution in [0.2, 0.25) is 0 Å². The van der Waals surface area contributed by atoms with E-state index in [0.29, 0.717) is 24.3 Å². The van der Waals surface area contributed by atoms with Gasteiger partial charge >= 0.3 is 5.97 Å². The first kappa shape index (κ1) is 19.5. The van der Waals surface area contributed by atoms with Crippen LogP contribution in [0.3, 0.4) is 0 Å². The van der Waals surface area contributed by atoms with Crippen LogP contribution in [-0.2, 0) is 17.8 Å². The molecule has 2 aromatic rings. The molecule has 1 aliphatic rings. The van der Waals surface area contributed by atoms with Crippen molar-refractivity contribution >= 4 is 5.97 Å². The molecule has 1 unspecified atom stereocenters. The fraction of sp³-hybridized carbons (Fsp3) is 0.550. The van der Waals surface area contributed by atoms with Gasteiger partial charge in [0, 0.05) is 18.2 Å². The molecule has 3 rings (SSSR count). The summed E-state index contributed by atoms with van der Waals surface area (Å²) in [4.78, 5) is 19.7. The van der Waals surface area contributed by atoms with E-state index in [2.05, 4.69) is 34.1 Å². The molecule has 2 heterocycles. The Morgan fingerprint density at radius 3 is 2.78 bits per heavy atom. The molecular weight excluding hydrogens is 344 g/mol. The number of likely N-dealkylation sites (tertiary alicyclic amines) is 1. The van der Waals surface area contributed by atoms with E-state index in [4.69, 9.17) is 9.63 Å². The fourth-order valence-electron chi connectivity index (χ4n) is 3.60. The highest BCUT2D eigenvalue weighted by Gasteiger charge is 2.22. The highest BCUT2D eigenvalue weighted by molar-refractivity contribution is 5.69. The van der Waals surface area contributed by atoms with Crippen LogP contribution in [0.25, 0.3) is 11.4 Å². The first-order chi connectivity index (χ1) is 13.0. The van der Waals surface area contributed by atoms with E-state index in [9.17, 15) is 4.79 Å². The minimum Gasteiger partial charge on any atom is -0.480 e. The lowest BCUT2D eigenvalue weighted by Crippen LogP contribution is -2.36. The molecular formula is C20H28N4O3. The summed E-state index contributed by atoms with van der Waals surface area (Å²) in [5.41, 5.74) is 2.25. The summed E-state index contributed by atoms with van der Waals surface area (Å²) in [6.07, 6.45) is 4.01. The predicted molar refractivity (Wildman–Crippen MR) is 102 cm³/mol. The SMILES string of the molecule is CCc1ccc(-c2noc(CN3CCCC(N(C)CC(=O)O)CC3)n2)cc1. The van der Waals surface area contributed by atoms with E-state index in [1.165, 1.54) is 5.56 Å². The van der Waals surface area contributed by atoms with Gasteiger partial charge in [-0.05, 0) is 44.8 Å². The average Bonchev–Trinajstić information content (AvgIpc) is 2.99. The van der Waals surface area contributed by atoms with Gasteiger partial charge in [-0.15, -0.1) is 0 Å². The molecule has 7 nitrogen and oxygen atoms in total. The van der Waals surface area contributed by atoms with E-state index >= 15 is 0 Å². The Hall–Kier alpha value is -2.25. The van der Waals surface area contributed by atoms with Crippen molar-refractivity contribution in [1.29, 1.82) is 0 Å². The Kier molecular flexibility index (Phi) is 6.58. The molecule has 27 heavy (non-hydrogen) atoms. The Morgan fingerprint density at radius 2 is 2.07 bits per heavy atom. The first-order valence-electron chi connectivity index (χ1n) is 9.61. The Bertz CT molecular complexity index is 744. The molecule has 0 aliphatic carbocycles. The number of aliphatic carboxylic acids is 1. The zero-order valence-electron chi connectivity index (χ0n) is 16.1. The lowest BCUT2D eigenvalue weighted by Gasteiger charge is -2.25. The molecule has 1 aromatic heterocycles. The maximum atomic E-state index is 10.9. The van der Waals surface area contributed by atoms with Gasteiger partial charge in [0.1, 0.15) is 0 Å². The summed E-state index contributed by atoms with van der Waals surface area (Å²) >= 11 is 0. The zero-order valence-corrected chi connectivity index (χ0v) is 16.1. The van der Waals surface area contributed by atoms with Gasteiger partial charge in [-0.2, -0.15) is 4.98 Å². The van der Waals surface area contributed by atoms with Crippen LogP contribution >= 0.6 is 0 Å². The molecule has 146 valence electrons. The molecule has 1 fully saturated rings. The highest BCUT2D eigenvalue weighted by atomic mass is 16.5. The maximum absolute atomic E-state index is 10.9. The second-order valence-corrected chi connectivity index (χ2v) is 7.23. The minimum absolute atomic E-state index is 0.0918. The van der Waals surface area contributed by atoms with Crippen molar-refractivity contribution in [3.05, 3.63) is 35.7 Å². The number of rotatable bonds is 7. The van der Waals surface area contributed by atoms with E-state index in [1.54, 1.807) is 0 Å². The third-order valence-electron chi connectivity index (χ3n) is 5.25. The lowest BCUT2D eigenvalue weighted by atomic mass is 10.1. The molecule has 1 aromatic carbocycles. The van der Waals surface area contributed by atoms with Gasteiger partial charge in [-0.25, -0.2) is 0 Å². The van der Waals surface area contributed by atoms with Crippen molar-refractivity contribution in [1.82, 2.24) is 19.9 Å². The summed E-state index contributed by atoms with van der Waals surface area (Å²) in [5.74, 6) is 0.479. The van der Waals surface area contributed by atoms with Crippen LogP contribution in [0.15, 0.2) is 28.8 Å². The molecule has 0 saturated carbocycles. The molecule has 0 amide bonds. The largest absolute Gasteiger partial charge is 0.480 e. The number of nitrogens with zero attached hydrogens (tertiary/aromatic N) is 4. The lowest BCUT2D eigenvalue weighted by molar-refractivity contribution is -0.138. The van der Waals surface area contributed by atoms with Crippen LogP contribution in [0.1, 0.15) is 37.6 Å². The third kappa shape index (κ3) is 5.37. The predicted octanol–water partition coefficient (Wildman–Crippen LogP) is 2.67. The zero-order chi connectivity index (χ0) is 19.2. The van der Waals surface area contributed by atoms with E-state index in [1.807, 2.05) is 24.1 Å². The summed E-state index contributed by atoms with van der Waals surface area (Å²) in [5, 5.41) is 13.1. The highest BCUT2D eigenvalue weighted by Crippen LogP contribution is 2.20. The van der Waals surface area contributed by atoms with Gasteiger partial charge in [0.05, 0.1) is 13.1 Å². The summed E-state index contributed by atoms with van der Waals surface area (Å²) in [6, 6.07) is 8.55. The first-order valence-corrected chi connectivity index (χ1v) is 9.61. The summed E-state index contributed by atoms with van der Waals surface area (Å²) in [7, 11) is 1.89. The topological polar surface area (TPSA) is 82.7 Å². The van der Waals surface area contributed by atoms with E-state index in [0.717, 1.165) is 44.3 Å². The van der Waals surface area contributed by atoms with Gasteiger partial charge in [0.2, 0.25) is 11.7 Å². The molecule has 1 atom stereocenters. The van der Waals surface area contributed by atoms with Gasteiger partial charge in [-0.3, -0.25) is 14.6 Å². The normalized spacial score (nSPS) is 18.6. The summed E-state index contributed by atoms with van der Waals surface area (Å²) < 4.78 is 5.46. The molecule has 7 heteroatoms. The minimum atomic E-state index is -0.774. The van der Waals surface area contributed by atoms with Crippen LogP contribution in [0.4, 0.5) is 0 Å². The number of likely N-dealkylation sites (N-methyl/N-ethyl adjacent to an activating group) is 1. The van der Waals surface area contributed by atoms with Crippen molar-refractivity contribution in [3.8, 4) is 11.4 Å². The summed E-state index contributed by atoms with van der Waals surface area (Å²) in [6.45, 7) is 4.72. The van der Waals surface area contributed by atoms with Crippen molar-refractivity contribution < 1.29 is 14.4 Å². The average molecular weight is 372 g/mol. The van der Waals surface area contributed by atoms with Crippen molar-refractivity contribution in [2.24, 2.45) is 0 Å².